The van der Waals surface area contributed by atoms with Gasteiger partial charge in [0, 0.05) is 13.1 Å². The van der Waals surface area contributed by atoms with Crippen molar-refractivity contribution >= 4 is 15.9 Å². The lowest BCUT2D eigenvalue weighted by molar-refractivity contribution is -0.118. The lowest BCUT2D eigenvalue weighted by Gasteiger charge is -2.22. The van der Waals surface area contributed by atoms with Gasteiger partial charge in [0.25, 0.3) is 0 Å². The van der Waals surface area contributed by atoms with Crippen LogP contribution in [-0.4, -0.2) is 31.7 Å². The van der Waals surface area contributed by atoms with Gasteiger partial charge in [0.05, 0.1) is 12.3 Å². The number of primary amides is 1. The van der Waals surface area contributed by atoms with Crippen LogP contribution in [0.2, 0.25) is 0 Å². The van der Waals surface area contributed by atoms with Gasteiger partial charge in [-0.15, -0.1) is 0 Å². The first-order valence-corrected chi connectivity index (χ1v) is 8.39. The normalized spacial score (nSPS) is 12.0. The van der Waals surface area contributed by atoms with Crippen molar-refractivity contribution < 1.29 is 13.2 Å². The zero-order valence-corrected chi connectivity index (χ0v) is 13.3. The van der Waals surface area contributed by atoms with Crippen molar-refractivity contribution in [3.63, 3.8) is 0 Å². The summed E-state index contributed by atoms with van der Waals surface area (Å²) in [6.45, 7) is 4.10. The van der Waals surface area contributed by atoms with E-state index >= 15 is 0 Å². The molecular weight excluding hydrogens is 290 g/mol. The van der Waals surface area contributed by atoms with E-state index in [1.54, 1.807) is 18.2 Å². The van der Waals surface area contributed by atoms with E-state index in [4.69, 9.17) is 11.5 Å². The first-order chi connectivity index (χ1) is 9.74. The first-order valence-electron chi connectivity index (χ1n) is 6.78. The van der Waals surface area contributed by atoms with Crippen molar-refractivity contribution in [2.24, 2.45) is 17.4 Å². The number of carbonyl (C=O) groups excluding carboxylic acids is 1. The second-order valence-electron chi connectivity index (χ2n) is 5.43. The van der Waals surface area contributed by atoms with Crippen LogP contribution in [0.25, 0.3) is 0 Å². The number of amides is 1. The summed E-state index contributed by atoms with van der Waals surface area (Å²) in [6, 6.07) is 7.10. The van der Waals surface area contributed by atoms with Crippen LogP contribution in [0.5, 0.6) is 0 Å². The van der Waals surface area contributed by atoms with Crippen LogP contribution >= 0.6 is 0 Å². The minimum atomic E-state index is -3.60. The smallest absolute Gasteiger partial charge is 0.232 e. The third-order valence-electron chi connectivity index (χ3n) is 2.87. The Kier molecular flexibility index (Phi) is 6.32. The molecule has 0 fully saturated rings. The van der Waals surface area contributed by atoms with Gasteiger partial charge in [-0.05, 0) is 17.0 Å². The van der Waals surface area contributed by atoms with Crippen LogP contribution < -0.4 is 11.5 Å². The third kappa shape index (κ3) is 5.82. The monoisotopic (exact) mass is 313 g/mol. The predicted octanol–water partition coefficient (Wildman–Crippen LogP) is 0.418. The van der Waals surface area contributed by atoms with Gasteiger partial charge < -0.3 is 11.5 Å². The largest absolute Gasteiger partial charge is 0.369 e. The van der Waals surface area contributed by atoms with E-state index in [-0.39, 0.29) is 24.8 Å². The fourth-order valence-corrected chi connectivity index (χ4v) is 3.64. The fourth-order valence-electron chi connectivity index (χ4n) is 2.01. The molecule has 0 aliphatic rings. The molecule has 1 amide bonds. The Hall–Kier alpha value is -1.44. The molecule has 0 atom stereocenters. The van der Waals surface area contributed by atoms with E-state index in [2.05, 4.69) is 0 Å². The molecule has 1 aromatic rings. The molecule has 1 aromatic carbocycles. The number of hydrogen-bond donors (Lipinski definition) is 2. The molecule has 0 radical (unpaired) electrons. The molecule has 0 spiro atoms. The lowest BCUT2D eigenvalue weighted by atomic mass is 10.1. The van der Waals surface area contributed by atoms with Crippen molar-refractivity contribution in [2.75, 3.05) is 13.1 Å². The number of carbonyl (C=O) groups is 1. The van der Waals surface area contributed by atoms with E-state index < -0.39 is 15.9 Å². The van der Waals surface area contributed by atoms with Crippen LogP contribution in [0.15, 0.2) is 24.3 Å². The summed E-state index contributed by atoms with van der Waals surface area (Å²) in [5.74, 6) is -0.717. The summed E-state index contributed by atoms with van der Waals surface area (Å²) < 4.78 is 26.1. The van der Waals surface area contributed by atoms with E-state index in [0.29, 0.717) is 12.1 Å². The maximum Gasteiger partial charge on any atom is 0.232 e. The minimum Gasteiger partial charge on any atom is -0.369 e. The van der Waals surface area contributed by atoms with Gasteiger partial charge in [-0.1, -0.05) is 38.1 Å². The van der Waals surface area contributed by atoms with E-state index in [1.807, 2.05) is 19.9 Å². The van der Waals surface area contributed by atoms with Crippen LogP contribution in [0.1, 0.15) is 25.0 Å². The van der Waals surface area contributed by atoms with Crippen LogP contribution in [-0.2, 0) is 27.1 Å². The number of nitrogens with zero attached hydrogens (tertiary/aromatic N) is 1. The average Bonchev–Trinajstić information content (AvgIpc) is 2.36. The molecule has 0 heterocycles. The Morgan fingerprint density at radius 3 is 2.43 bits per heavy atom. The molecule has 1 rings (SSSR count). The molecule has 0 unspecified atom stereocenters. The molecule has 0 bridgehead atoms. The standard InChI is InChI=1S/C14H23N3O3S/c1-11(2)8-17(9-14(16)18)21(19,20)10-13-5-3-4-12(6-13)7-15/h3-6,11H,7-10,15H2,1-2H3,(H2,16,18). The predicted molar refractivity (Wildman–Crippen MR) is 82.6 cm³/mol. The molecular formula is C14H23N3O3S. The number of hydrogen-bond acceptors (Lipinski definition) is 4. The number of nitrogens with two attached hydrogens (primary N) is 2. The van der Waals surface area contributed by atoms with E-state index in [1.165, 1.54) is 0 Å². The summed E-state index contributed by atoms with van der Waals surface area (Å²) in [5, 5.41) is 0. The highest BCUT2D eigenvalue weighted by molar-refractivity contribution is 7.88. The van der Waals surface area contributed by atoms with Crippen molar-refractivity contribution in [2.45, 2.75) is 26.1 Å². The van der Waals surface area contributed by atoms with Gasteiger partial charge in [-0.2, -0.15) is 4.31 Å². The average molecular weight is 313 g/mol. The third-order valence-corrected chi connectivity index (χ3v) is 4.63. The second kappa shape index (κ2) is 7.53. The molecule has 0 aliphatic heterocycles. The zero-order valence-electron chi connectivity index (χ0n) is 12.5. The van der Waals surface area contributed by atoms with Crippen LogP contribution in [0.4, 0.5) is 0 Å². The van der Waals surface area contributed by atoms with E-state index in [0.717, 1.165) is 9.87 Å². The molecule has 0 saturated heterocycles. The van der Waals surface area contributed by atoms with Gasteiger partial charge in [-0.3, -0.25) is 4.79 Å². The van der Waals surface area contributed by atoms with Gasteiger partial charge in [0.1, 0.15) is 0 Å². The molecule has 0 aromatic heterocycles. The van der Waals surface area contributed by atoms with Gasteiger partial charge >= 0.3 is 0 Å². The maximum atomic E-state index is 12.5. The molecule has 118 valence electrons. The summed E-state index contributed by atoms with van der Waals surface area (Å²) in [4.78, 5) is 11.1. The molecule has 0 saturated carbocycles. The highest BCUT2D eigenvalue weighted by Gasteiger charge is 2.24. The summed E-state index contributed by atoms with van der Waals surface area (Å²) in [7, 11) is -3.60. The van der Waals surface area contributed by atoms with Crippen LogP contribution in [0, 0.1) is 5.92 Å². The zero-order chi connectivity index (χ0) is 16.0. The molecule has 21 heavy (non-hydrogen) atoms. The van der Waals surface area contributed by atoms with Gasteiger partial charge in [-0.25, -0.2) is 8.42 Å². The second-order valence-corrected chi connectivity index (χ2v) is 7.40. The lowest BCUT2D eigenvalue weighted by Crippen LogP contribution is -2.41. The molecule has 0 aliphatic carbocycles. The van der Waals surface area contributed by atoms with Gasteiger partial charge in [0.15, 0.2) is 0 Å². The van der Waals surface area contributed by atoms with Crippen molar-refractivity contribution in [3.05, 3.63) is 35.4 Å². The summed E-state index contributed by atoms with van der Waals surface area (Å²) >= 11 is 0. The fraction of sp³-hybridized carbons (Fsp3) is 0.500. The molecule has 4 N–H and O–H groups in total. The maximum absolute atomic E-state index is 12.5. The summed E-state index contributed by atoms with van der Waals surface area (Å²) in [6.07, 6.45) is 0. The Morgan fingerprint density at radius 1 is 1.29 bits per heavy atom. The quantitative estimate of drug-likeness (QED) is 0.725. The first kappa shape index (κ1) is 17.6. The Morgan fingerprint density at radius 2 is 1.90 bits per heavy atom. The van der Waals surface area contributed by atoms with Crippen molar-refractivity contribution in [1.29, 1.82) is 0 Å². The molecule has 7 heteroatoms. The Balaban J connectivity index is 2.96. The SMILES string of the molecule is CC(C)CN(CC(N)=O)S(=O)(=O)Cc1cccc(CN)c1. The highest BCUT2D eigenvalue weighted by atomic mass is 32.2. The van der Waals surface area contributed by atoms with Crippen molar-refractivity contribution in [1.82, 2.24) is 4.31 Å². The highest BCUT2D eigenvalue weighted by Crippen LogP contribution is 2.14. The summed E-state index contributed by atoms with van der Waals surface area (Å²) in [5.41, 5.74) is 12.2. The number of sulfonamides is 1. The number of benzene rings is 1. The Bertz CT molecular complexity index is 585. The molecule has 6 nitrogen and oxygen atoms in total. The van der Waals surface area contributed by atoms with Gasteiger partial charge in [0.2, 0.25) is 15.9 Å². The van der Waals surface area contributed by atoms with Crippen molar-refractivity contribution in [3.8, 4) is 0 Å². The number of rotatable bonds is 8. The van der Waals surface area contributed by atoms with Crippen LogP contribution in [0.3, 0.4) is 0 Å². The Labute approximate surface area is 126 Å². The van der Waals surface area contributed by atoms with E-state index in [9.17, 15) is 13.2 Å². The topological polar surface area (TPSA) is 106 Å². The minimum absolute atomic E-state index is 0.106.